The topological polar surface area (TPSA) is 66.3 Å². The van der Waals surface area contributed by atoms with Gasteiger partial charge in [0, 0.05) is 30.3 Å². The highest BCUT2D eigenvalue weighted by Crippen LogP contribution is 2.28. The molecule has 0 saturated heterocycles. The molecule has 0 bridgehead atoms. The van der Waals surface area contributed by atoms with Crippen LogP contribution in [0.5, 0.6) is 0 Å². The van der Waals surface area contributed by atoms with Crippen molar-refractivity contribution in [1.29, 1.82) is 0 Å². The molecule has 1 aliphatic heterocycles. The van der Waals surface area contributed by atoms with Gasteiger partial charge in [0.15, 0.2) is 0 Å². The Morgan fingerprint density at radius 1 is 1.67 bits per heavy atom. The number of nitrogens with zero attached hydrogens (tertiary/aromatic N) is 3. The third kappa shape index (κ3) is 2.20. The van der Waals surface area contributed by atoms with E-state index in [1.165, 1.54) is 4.90 Å². The minimum atomic E-state index is -0.879. The Morgan fingerprint density at radius 2 is 2.47 bits per heavy atom. The van der Waals surface area contributed by atoms with Crippen LogP contribution in [0.15, 0.2) is 6.20 Å². The van der Waals surface area contributed by atoms with Gasteiger partial charge in [-0.05, 0) is 0 Å². The Morgan fingerprint density at radius 3 is 3.20 bits per heavy atom. The van der Waals surface area contributed by atoms with Gasteiger partial charge in [0.25, 0.3) is 0 Å². The fraction of sp³-hybridized carbons (Fsp3) is 0.444. The van der Waals surface area contributed by atoms with Crippen LogP contribution in [0.1, 0.15) is 11.3 Å². The minimum absolute atomic E-state index is 0.0775. The van der Waals surface area contributed by atoms with Crippen molar-refractivity contribution < 1.29 is 9.90 Å². The van der Waals surface area contributed by atoms with E-state index in [2.05, 4.69) is 9.97 Å². The van der Waals surface area contributed by atoms with E-state index in [0.29, 0.717) is 5.95 Å². The fourth-order valence-electron chi connectivity index (χ4n) is 1.39. The molecule has 2 heterocycles. The van der Waals surface area contributed by atoms with Crippen LogP contribution in [-0.2, 0) is 16.3 Å². The largest absolute Gasteiger partial charge is 0.480 e. The summed E-state index contributed by atoms with van der Waals surface area (Å²) in [6.07, 6.45) is 1.79. The molecule has 0 amide bonds. The molecule has 1 N–H and O–H groups in total. The molecule has 0 atom stereocenters. The molecule has 2 rings (SSSR count). The second kappa shape index (κ2) is 4.06. The Hall–Kier alpha value is -1.30. The lowest BCUT2D eigenvalue weighted by atomic mass is 10.3. The SMILES string of the molecule is CN(CC(=O)O)c1ncc2c(n1)CSC2. The Labute approximate surface area is 91.5 Å². The van der Waals surface area contributed by atoms with Crippen LogP contribution in [0.2, 0.25) is 0 Å². The number of rotatable bonds is 3. The van der Waals surface area contributed by atoms with Crippen LogP contribution in [0, 0.1) is 0 Å². The van der Waals surface area contributed by atoms with E-state index in [1.54, 1.807) is 25.0 Å². The monoisotopic (exact) mass is 225 g/mol. The third-order valence-corrected chi connectivity index (χ3v) is 3.14. The Balaban J connectivity index is 2.19. The Kier molecular flexibility index (Phi) is 2.77. The summed E-state index contributed by atoms with van der Waals surface area (Å²) in [5.74, 6) is 1.46. The van der Waals surface area contributed by atoms with Crippen molar-refractivity contribution in [2.45, 2.75) is 11.5 Å². The number of aliphatic carboxylic acids is 1. The number of anilines is 1. The van der Waals surface area contributed by atoms with Gasteiger partial charge in [-0.1, -0.05) is 0 Å². The normalized spacial score (nSPS) is 13.7. The van der Waals surface area contributed by atoms with Crippen molar-refractivity contribution in [2.24, 2.45) is 0 Å². The summed E-state index contributed by atoms with van der Waals surface area (Å²) in [6, 6.07) is 0. The number of carbonyl (C=O) groups is 1. The molecule has 0 aliphatic carbocycles. The van der Waals surface area contributed by atoms with Gasteiger partial charge in [0.1, 0.15) is 6.54 Å². The lowest BCUT2D eigenvalue weighted by molar-refractivity contribution is -0.135. The Bertz CT molecular complexity index is 397. The number of thioether (sulfide) groups is 1. The summed E-state index contributed by atoms with van der Waals surface area (Å²) < 4.78 is 0. The first-order valence-corrected chi connectivity index (χ1v) is 5.68. The van der Waals surface area contributed by atoms with Crippen LogP contribution in [0.3, 0.4) is 0 Å². The van der Waals surface area contributed by atoms with Crippen molar-refractivity contribution in [1.82, 2.24) is 9.97 Å². The van der Waals surface area contributed by atoms with Gasteiger partial charge in [0.05, 0.1) is 5.69 Å². The van der Waals surface area contributed by atoms with Gasteiger partial charge in [-0.3, -0.25) is 4.79 Å². The second-order valence-corrected chi connectivity index (χ2v) is 4.37. The molecule has 0 spiro atoms. The molecule has 1 aromatic rings. The average Bonchev–Trinajstić information content (AvgIpc) is 2.62. The van der Waals surface area contributed by atoms with Gasteiger partial charge in [-0.2, -0.15) is 11.8 Å². The van der Waals surface area contributed by atoms with Crippen LogP contribution >= 0.6 is 11.8 Å². The first-order chi connectivity index (χ1) is 7.16. The zero-order chi connectivity index (χ0) is 10.8. The summed E-state index contributed by atoms with van der Waals surface area (Å²) in [7, 11) is 1.68. The third-order valence-electron chi connectivity index (χ3n) is 2.15. The molecule has 0 radical (unpaired) electrons. The van der Waals surface area contributed by atoms with Crippen LogP contribution in [0.25, 0.3) is 0 Å². The average molecular weight is 225 g/mol. The number of fused-ring (bicyclic) bond motifs is 1. The second-order valence-electron chi connectivity index (χ2n) is 3.38. The van der Waals surface area contributed by atoms with E-state index in [9.17, 15) is 4.79 Å². The number of likely N-dealkylation sites (N-methyl/N-ethyl adjacent to an activating group) is 1. The smallest absolute Gasteiger partial charge is 0.323 e. The molecule has 80 valence electrons. The van der Waals surface area contributed by atoms with Gasteiger partial charge in [0.2, 0.25) is 5.95 Å². The van der Waals surface area contributed by atoms with E-state index in [0.717, 1.165) is 22.8 Å². The molecule has 0 aromatic carbocycles. The lowest BCUT2D eigenvalue weighted by Gasteiger charge is -2.14. The first-order valence-electron chi connectivity index (χ1n) is 4.52. The maximum atomic E-state index is 10.5. The lowest BCUT2D eigenvalue weighted by Crippen LogP contribution is -2.27. The first kappa shape index (κ1) is 10.2. The summed E-state index contributed by atoms with van der Waals surface area (Å²) >= 11 is 1.80. The molecule has 0 unspecified atom stereocenters. The number of carboxylic acids is 1. The predicted molar refractivity (Wildman–Crippen MR) is 57.9 cm³/mol. The van der Waals surface area contributed by atoms with Gasteiger partial charge in [-0.15, -0.1) is 0 Å². The number of carboxylic acid groups (broad SMARTS) is 1. The molecule has 0 saturated carbocycles. The summed E-state index contributed by atoms with van der Waals surface area (Å²) in [4.78, 5) is 20.5. The van der Waals surface area contributed by atoms with Crippen molar-refractivity contribution in [3.05, 3.63) is 17.5 Å². The highest BCUT2D eigenvalue weighted by atomic mass is 32.2. The standard InChI is InChI=1S/C9H11N3O2S/c1-12(3-8(13)14)9-10-2-6-4-15-5-7(6)11-9/h2H,3-5H2,1H3,(H,13,14). The summed E-state index contributed by atoms with van der Waals surface area (Å²) in [5.41, 5.74) is 2.19. The van der Waals surface area contributed by atoms with E-state index >= 15 is 0 Å². The molecule has 1 aliphatic rings. The molecule has 1 aromatic heterocycles. The zero-order valence-electron chi connectivity index (χ0n) is 8.30. The van der Waals surface area contributed by atoms with Crippen LogP contribution in [-0.4, -0.2) is 34.6 Å². The highest BCUT2D eigenvalue weighted by molar-refractivity contribution is 7.98. The maximum absolute atomic E-state index is 10.5. The highest BCUT2D eigenvalue weighted by Gasteiger charge is 2.16. The van der Waals surface area contributed by atoms with Gasteiger partial charge >= 0.3 is 5.97 Å². The van der Waals surface area contributed by atoms with Crippen molar-refractivity contribution in [3.8, 4) is 0 Å². The van der Waals surface area contributed by atoms with E-state index in [-0.39, 0.29) is 6.54 Å². The molecule has 0 fully saturated rings. The predicted octanol–water partition coefficient (Wildman–Crippen LogP) is 0.744. The van der Waals surface area contributed by atoms with E-state index in [1.807, 2.05) is 0 Å². The number of hydrogen-bond acceptors (Lipinski definition) is 5. The summed E-state index contributed by atoms with van der Waals surface area (Å²) in [6.45, 7) is -0.0775. The van der Waals surface area contributed by atoms with Gasteiger partial charge < -0.3 is 10.0 Å². The van der Waals surface area contributed by atoms with Crippen molar-refractivity contribution in [2.75, 3.05) is 18.5 Å². The maximum Gasteiger partial charge on any atom is 0.323 e. The van der Waals surface area contributed by atoms with Gasteiger partial charge in [-0.25, -0.2) is 9.97 Å². The zero-order valence-corrected chi connectivity index (χ0v) is 9.12. The van der Waals surface area contributed by atoms with Crippen LogP contribution < -0.4 is 4.90 Å². The molecule has 5 nitrogen and oxygen atoms in total. The molecule has 15 heavy (non-hydrogen) atoms. The fourth-order valence-corrected chi connectivity index (χ4v) is 2.40. The van der Waals surface area contributed by atoms with Crippen molar-refractivity contribution in [3.63, 3.8) is 0 Å². The molecule has 6 heteroatoms. The van der Waals surface area contributed by atoms with E-state index in [4.69, 9.17) is 5.11 Å². The minimum Gasteiger partial charge on any atom is -0.480 e. The number of hydrogen-bond donors (Lipinski definition) is 1. The van der Waals surface area contributed by atoms with Crippen molar-refractivity contribution >= 4 is 23.7 Å². The van der Waals surface area contributed by atoms with Crippen LogP contribution in [0.4, 0.5) is 5.95 Å². The van der Waals surface area contributed by atoms with E-state index < -0.39 is 5.97 Å². The molecular formula is C9H11N3O2S. The quantitative estimate of drug-likeness (QED) is 0.818. The summed E-state index contributed by atoms with van der Waals surface area (Å²) in [5, 5.41) is 8.64. The molecular weight excluding hydrogens is 214 g/mol. The number of aromatic nitrogens is 2.